The van der Waals surface area contributed by atoms with Gasteiger partial charge in [-0.2, -0.15) is 0 Å². The molecule has 0 aliphatic rings. The Morgan fingerprint density at radius 3 is 2.19 bits per heavy atom. The molecule has 0 aliphatic heterocycles. The van der Waals surface area contributed by atoms with E-state index in [9.17, 15) is 18.8 Å². The number of carbonyl (C=O) groups excluding carboxylic acids is 3. The molecule has 26 heavy (non-hydrogen) atoms. The van der Waals surface area contributed by atoms with E-state index in [4.69, 9.17) is 4.74 Å². The standard InChI is InChI=1S/C19H19FN2O4/c1-3-26-19(25)14-6-10-16(11-7-14)22-18(24)17(23)21-12(2)13-4-8-15(20)9-5-13/h4-12H,3H2,1-2H3,(H,21,23)(H,22,24)/t12-/m1/s1. The van der Waals surface area contributed by atoms with Gasteiger partial charge in [-0.25, -0.2) is 9.18 Å². The normalized spacial score (nSPS) is 11.3. The van der Waals surface area contributed by atoms with Gasteiger partial charge >= 0.3 is 17.8 Å². The van der Waals surface area contributed by atoms with Gasteiger partial charge in [0.05, 0.1) is 18.2 Å². The van der Waals surface area contributed by atoms with Crippen LogP contribution in [0, 0.1) is 5.82 Å². The highest BCUT2D eigenvalue weighted by Gasteiger charge is 2.17. The molecule has 6 nitrogen and oxygen atoms in total. The summed E-state index contributed by atoms with van der Waals surface area (Å²) in [5.74, 6) is -2.51. The number of carbonyl (C=O) groups is 3. The first-order chi connectivity index (χ1) is 12.4. The van der Waals surface area contributed by atoms with Crippen LogP contribution in [-0.2, 0) is 14.3 Å². The Labute approximate surface area is 150 Å². The molecule has 0 saturated carbocycles. The minimum atomic E-state index is -0.845. The molecule has 2 aromatic rings. The molecule has 2 amide bonds. The van der Waals surface area contributed by atoms with Crippen molar-refractivity contribution in [2.45, 2.75) is 19.9 Å². The van der Waals surface area contributed by atoms with Crippen LogP contribution >= 0.6 is 0 Å². The summed E-state index contributed by atoms with van der Waals surface area (Å²) in [6.45, 7) is 3.66. The second-order valence-electron chi connectivity index (χ2n) is 5.50. The monoisotopic (exact) mass is 358 g/mol. The van der Waals surface area contributed by atoms with Crippen LogP contribution in [0.5, 0.6) is 0 Å². The number of hydrogen-bond donors (Lipinski definition) is 2. The van der Waals surface area contributed by atoms with E-state index in [0.29, 0.717) is 16.8 Å². The lowest BCUT2D eigenvalue weighted by atomic mass is 10.1. The first-order valence-electron chi connectivity index (χ1n) is 8.05. The fraction of sp³-hybridized carbons (Fsp3) is 0.211. The highest BCUT2D eigenvalue weighted by Crippen LogP contribution is 2.13. The van der Waals surface area contributed by atoms with E-state index in [2.05, 4.69) is 10.6 Å². The van der Waals surface area contributed by atoms with Crippen molar-refractivity contribution >= 4 is 23.5 Å². The van der Waals surface area contributed by atoms with Gasteiger partial charge in [-0.3, -0.25) is 9.59 Å². The van der Waals surface area contributed by atoms with Gasteiger partial charge in [-0.1, -0.05) is 12.1 Å². The van der Waals surface area contributed by atoms with Gasteiger partial charge in [0.2, 0.25) is 0 Å². The smallest absolute Gasteiger partial charge is 0.338 e. The van der Waals surface area contributed by atoms with Crippen LogP contribution in [0.15, 0.2) is 48.5 Å². The zero-order valence-corrected chi connectivity index (χ0v) is 14.4. The van der Waals surface area contributed by atoms with E-state index < -0.39 is 23.8 Å². The summed E-state index contributed by atoms with van der Waals surface area (Å²) < 4.78 is 17.8. The number of anilines is 1. The van der Waals surface area contributed by atoms with Gasteiger partial charge in [0.1, 0.15) is 5.82 Å². The van der Waals surface area contributed by atoms with Gasteiger partial charge in [0.25, 0.3) is 0 Å². The maximum Gasteiger partial charge on any atom is 0.338 e. The largest absolute Gasteiger partial charge is 0.462 e. The fourth-order valence-electron chi connectivity index (χ4n) is 2.19. The van der Waals surface area contributed by atoms with Crippen molar-refractivity contribution in [2.75, 3.05) is 11.9 Å². The maximum absolute atomic E-state index is 12.9. The Morgan fingerprint density at radius 2 is 1.62 bits per heavy atom. The predicted molar refractivity (Wildman–Crippen MR) is 94.0 cm³/mol. The molecule has 7 heteroatoms. The van der Waals surface area contributed by atoms with Gasteiger partial charge in [-0.05, 0) is 55.8 Å². The van der Waals surface area contributed by atoms with Gasteiger partial charge in [-0.15, -0.1) is 0 Å². The lowest BCUT2D eigenvalue weighted by molar-refractivity contribution is -0.136. The number of benzene rings is 2. The van der Waals surface area contributed by atoms with Crippen LogP contribution in [0.3, 0.4) is 0 Å². The highest BCUT2D eigenvalue weighted by atomic mass is 19.1. The van der Waals surface area contributed by atoms with Crippen molar-refractivity contribution in [3.8, 4) is 0 Å². The lowest BCUT2D eigenvalue weighted by Gasteiger charge is -2.14. The minimum Gasteiger partial charge on any atom is -0.462 e. The van der Waals surface area contributed by atoms with Crippen LogP contribution in [0.1, 0.15) is 35.8 Å². The van der Waals surface area contributed by atoms with Crippen LogP contribution in [0.4, 0.5) is 10.1 Å². The second-order valence-corrected chi connectivity index (χ2v) is 5.50. The summed E-state index contributed by atoms with van der Waals surface area (Å²) in [5.41, 5.74) is 1.39. The average molecular weight is 358 g/mol. The molecule has 2 rings (SSSR count). The molecule has 0 fully saturated rings. The minimum absolute atomic E-state index is 0.268. The van der Waals surface area contributed by atoms with Crippen LogP contribution in [0.25, 0.3) is 0 Å². The Balaban J connectivity index is 1.93. The molecule has 0 heterocycles. The predicted octanol–water partition coefficient (Wildman–Crippen LogP) is 2.82. The number of ether oxygens (including phenoxy) is 1. The van der Waals surface area contributed by atoms with Crippen molar-refractivity contribution < 1.29 is 23.5 Å². The van der Waals surface area contributed by atoms with Crippen LogP contribution in [-0.4, -0.2) is 24.4 Å². The highest BCUT2D eigenvalue weighted by molar-refractivity contribution is 6.39. The zero-order valence-electron chi connectivity index (χ0n) is 14.4. The molecule has 0 spiro atoms. The Kier molecular flexibility index (Phi) is 6.43. The first-order valence-corrected chi connectivity index (χ1v) is 8.05. The van der Waals surface area contributed by atoms with Crippen molar-refractivity contribution in [2.24, 2.45) is 0 Å². The molecule has 0 saturated heterocycles. The molecule has 0 aliphatic carbocycles. The zero-order chi connectivity index (χ0) is 19.1. The molecule has 2 aromatic carbocycles. The second kappa shape index (κ2) is 8.75. The Morgan fingerprint density at radius 1 is 1.00 bits per heavy atom. The van der Waals surface area contributed by atoms with E-state index >= 15 is 0 Å². The number of rotatable bonds is 5. The summed E-state index contributed by atoms with van der Waals surface area (Å²) in [7, 11) is 0. The third-order valence-corrected chi connectivity index (χ3v) is 3.58. The third kappa shape index (κ3) is 5.14. The van der Waals surface area contributed by atoms with Crippen molar-refractivity contribution in [3.05, 3.63) is 65.5 Å². The van der Waals surface area contributed by atoms with Crippen molar-refractivity contribution in [1.82, 2.24) is 5.32 Å². The van der Waals surface area contributed by atoms with Crippen molar-refractivity contribution in [1.29, 1.82) is 0 Å². The maximum atomic E-state index is 12.9. The van der Waals surface area contributed by atoms with E-state index in [1.165, 1.54) is 48.5 Å². The molecular formula is C19H19FN2O4. The summed E-state index contributed by atoms with van der Waals surface area (Å²) in [6.07, 6.45) is 0. The molecule has 0 bridgehead atoms. The number of nitrogens with one attached hydrogen (secondary N) is 2. The van der Waals surface area contributed by atoms with Gasteiger partial charge < -0.3 is 15.4 Å². The number of amides is 2. The molecule has 2 N–H and O–H groups in total. The Hall–Kier alpha value is -3.22. The number of esters is 1. The molecule has 0 radical (unpaired) electrons. The first kappa shape index (κ1) is 19.1. The molecule has 0 aromatic heterocycles. The summed E-state index contributed by atoms with van der Waals surface area (Å²) in [5, 5.41) is 4.98. The fourth-order valence-corrected chi connectivity index (χ4v) is 2.19. The van der Waals surface area contributed by atoms with E-state index in [1.807, 2.05) is 0 Å². The summed E-state index contributed by atoms with van der Waals surface area (Å²) in [6, 6.07) is 11.2. The van der Waals surface area contributed by atoms with E-state index in [-0.39, 0.29) is 12.4 Å². The third-order valence-electron chi connectivity index (χ3n) is 3.58. The quantitative estimate of drug-likeness (QED) is 0.636. The Bertz CT molecular complexity index is 788. The number of hydrogen-bond acceptors (Lipinski definition) is 4. The molecule has 1 atom stereocenters. The SMILES string of the molecule is CCOC(=O)c1ccc(NC(=O)C(=O)N[C@H](C)c2ccc(F)cc2)cc1. The molecule has 0 unspecified atom stereocenters. The average Bonchev–Trinajstić information content (AvgIpc) is 2.63. The van der Waals surface area contributed by atoms with Gasteiger partial charge in [0, 0.05) is 5.69 Å². The van der Waals surface area contributed by atoms with E-state index in [0.717, 1.165) is 0 Å². The summed E-state index contributed by atoms with van der Waals surface area (Å²) in [4.78, 5) is 35.5. The van der Waals surface area contributed by atoms with Crippen LogP contribution < -0.4 is 10.6 Å². The van der Waals surface area contributed by atoms with E-state index in [1.54, 1.807) is 13.8 Å². The van der Waals surface area contributed by atoms with Crippen molar-refractivity contribution in [3.63, 3.8) is 0 Å². The topological polar surface area (TPSA) is 84.5 Å². The number of halogens is 1. The summed E-state index contributed by atoms with van der Waals surface area (Å²) >= 11 is 0. The van der Waals surface area contributed by atoms with Gasteiger partial charge in [0.15, 0.2) is 0 Å². The lowest BCUT2D eigenvalue weighted by Crippen LogP contribution is -2.36. The van der Waals surface area contributed by atoms with Crippen LogP contribution in [0.2, 0.25) is 0 Å². The molecular weight excluding hydrogens is 339 g/mol. The molecule has 136 valence electrons.